The van der Waals surface area contributed by atoms with Crippen LogP contribution < -0.4 is 4.74 Å². The number of nitro benzene ring substituents is 1. The van der Waals surface area contributed by atoms with Gasteiger partial charge in [-0.05, 0) is 31.2 Å². The van der Waals surface area contributed by atoms with Gasteiger partial charge in [-0.1, -0.05) is 17.3 Å². The van der Waals surface area contributed by atoms with Crippen LogP contribution in [0, 0.1) is 10.1 Å². The van der Waals surface area contributed by atoms with Gasteiger partial charge < -0.3 is 9.26 Å². The van der Waals surface area contributed by atoms with Crippen molar-refractivity contribution in [3.63, 3.8) is 0 Å². The zero-order chi connectivity index (χ0) is 16.2. The van der Waals surface area contributed by atoms with Gasteiger partial charge in [-0.2, -0.15) is 4.98 Å². The van der Waals surface area contributed by atoms with Crippen LogP contribution in [0.4, 0.5) is 5.69 Å². The molecule has 0 spiro atoms. The fourth-order valence-corrected chi connectivity index (χ4v) is 2.11. The highest BCUT2D eigenvalue weighted by atomic mass is 16.6. The summed E-state index contributed by atoms with van der Waals surface area (Å²) in [6.45, 7) is 2.42. The van der Waals surface area contributed by atoms with Crippen LogP contribution in [0.2, 0.25) is 0 Å². The standard InChI is InChI=1S/C16H13N3O4/c1-2-22-14-6-4-3-5-13(14)16-17-15(18-23-16)11-7-9-12(10-8-11)19(20)21/h3-10H,2H2,1H3. The van der Waals surface area contributed by atoms with E-state index in [-0.39, 0.29) is 5.69 Å². The van der Waals surface area contributed by atoms with Crippen molar-refractivity contribution in [1.29, 1.82) is 0 Å². The van der Waals surface area contributed by atoms with Gasteiger partial charge >= 0.3 is 0 Å². The summed E-state index contributed by atoms with van der Waals surface area (Å²) in [5.41, 5.74) is 1.36. The Bertz CT molecular complexity index is 827. The molecular formula is C16H13N3O4. The summed E-state index contributed by atoms with van der Waals surface area (Å²) < 4.78 is 10.8. The molecular weight excluding hydrogens is 298 g/mol. The highest BCUT2D eigenvalue weighted by Gasteiger charge is 2.15. The summed E-state index contributed by atoms with van der Waals surface area (Å²) in [4.78, 5) is 14.6. The predicted octanol–water partition coefficient (Wildman–Crippen LogP) is 3.71. The molecule has 1 aromatic heterocycles. The number of rotatable bonds is 5. The molecule has 0 aliphatic carbocycles. The van der Waals surface area contributed by atoms with Crippen molar-refractivity contribution in [2.24, 2.45) is 0 Å². The van der Waals surface area contributed by atoms with E-state index in [0.29, 0.717) is 35.2 Å². The second-order valence-electron chi connectivity index (χ2n) is 4.66. The van der Waals surface area contributed by atoms with Crippen molar-refractivity contribution in [1.82, 2.24) is 10.1 Å². The van der Waals surface area contributed by atoms with Crippen LogP contribution in [0.5, 0.6) is 5.75 Å². The van der Waals surface area contributed by atoms with E-state index >= 15 is 0 Å². The number of hydrogen-bond acceptors (Lipinski definition) is 6. The molecule has 0 atom stereocenters. The molecule has 0 N–H and O–H groups in total. The van der Waals surface area contributed by atoms with Crippen LogP contribution in [-0.4, -0.2) is 21.7 Å². The number of ether oxygens (including phenoxy) is 1. The van der Waals surface area contributed by atoms with Gasteiger partial charge in [0.1, 0.15) is 5.75 Å². The lowest BCUT2D eigenvalue weighted by Gasteiger charge is -2.05. The van der Waals surface area contributed by atoms with Crippen molar-refractivity contribution < 1.29 is 14.2 Å². The Morgan fingerprint density at radius 1 is 1.17 bits per heavy atom. The number of hydrogen-bond donors (Lipinski definition) is 0. The lowest BCUT2D eigenvalue weighted by Crippen LogP contribution is -1.93. The van der Waals surface area contributed by atoms with Gasteiger partial charge in [0, 0.05) is 17.7 Å². The maximum Gasteiger partial charge on any atom is 0.269 e. The minimum atomic E-state index is -0.455. The first-order valence-corrected chi connectivity index (χ1v) is 6.99. The lowest BCUT2D eigenvalue weighted by molar-refractivity contribution is -0.384. The summed E-state index contributed by atoms with van der Waals surface area (Å²) in [5.74, 6) is 1.36. The number of benzene rings is 2. The van der Waals surface area contributed by atoms with Crippen molar-refractivity contribution in [2.75, 3.05) is 6.61 Å². The Balaban J connectivity index is 1.93. The van der Waals surface area contributed by atoms with Gasteiger partial charge in [0.05, 0.1) is 17.1 Å². The molecule has 2 aromatic carbocycles. The van der Waals surface area contributed by atoms with Gasteiger partial charge in [-0.15, -0.1) is 0 Å². The third kappa shape index (κ3) is 3.03. The molecule has 3 rings (SSSR count). The average Bonchev–Trinajstić information content (AvgIpc) is 3.05. The Kier molecular flexibility index (Phi) is 4.01. The lowest BCUT2D eigenvalue weighted by atomic mass is 10.2. The minimum absolute atomic E-state index is 0.0131. The van der Waals surface area contributed by atoms with Gasteiger partial charge in [0.25, 0.3) is 11.6 Å². The first kappa shape index (κ1) is 14.7. The third-order valence-corrected chi connectivity index (χ3v) is 3.18. The quantitative estimate of drug-likeness (QED) is 0.527. The SMILES string of the molecule is CCOc1ccccc1-c1nc(-c2ccc([N+](=O)[O-])cc2)no1. The van der Waals surface area contributed by atoms with E-state index < -0.39 is 4.92 Å². The van der Waals surface area contributed by atoms with Crippen LogP contribution in [-0.2, 0) is 0 Å². The van der Waals surface area contributed by atoms with Gasteiger partial charge in [-0.25, -0.2) is 0 Å². The fourth-order valence-electron chi connectivity index (χ4n) is 2.11. The van der Waals surface area contributed by atoms with Crippen LogP contribution >= 0.6 is 0 Å². The second-order valence-corrected chi connectivity index (χ2v) is 4.66. The van der Waals surface area contributed by atoms with Crippen molar-refractivity contribution in [3.8, 4) is 28.6 Å². The molecule has 0 unspecified atom stereocenters. The summed E-state index contributed by atoms with van der Waals surface area (Å²) in [6.07, 6.45) is 0. The van der Waals surface area contributed by atoms with E-state index in [1.54, 1.807) is 12.1 Å². The van der Waals surface area contributed by atoms with E-state index in [0.717, 1.165) is 0 Å². The molecule has 0 saturated carbocycles. The molecule has 0 saturated heterocycles. The number of non-ortho nitro benzene ring substituents is 1. The normalized spacial score (nSPS) is 10.5. The number of para-hydroxylation sites is 1. The van der Waals surface area contributed by atoms with Gasteiger partial charge in [0.15, 0.2) is 0 Å². The zero-order valence-corrected chi connectivity index (χ0v) is 12.3. The number of aromatic nitrogens is 2. The molecule has 0 aliphatic heterocycles. The van der Waals surface area contributed by atoms with Crippen LogP contribution in [0.25, 0.3) is 22.8 Å². The number of nitro groups is 1. The largest absolute Gasteiger partial charge is 0.493 e. The maximum atomic E-state index is 10.7. The Hall–Kier alpha value is -3.22. The summed E-state index contributed by atoms with van der Waals surface area (Å²) in [6, 6.07) is 13.4. The third-order valence-electron chi connectivity index (χ3n) is 3.18. The molecule has 0 bridgehead atoms. The fraction of sp³-hybridized carbons (Fsp3) is 0.125. The first-order chi connectivity index (χ1) is 11.2. The zero-order valence-electron chi connectivity index (χ0n) is 12.3. The Morgan fingerprint density at radius 3 is 2.61 bits per heavy atom. The maximum absolute atomic E-state index is 10.7. The molecule has 116 valence electrons. The molecule has 0 aliphatic rings. The van der Waals surface area contributed by atoms with Crippen LogP contribution in [0.3, 0.4) is 0 Å². The molecule has 0 amide bonds. The monoisotopic (exact) mass is 311 g/mol. The van der Waals surface area contributed by atoms with E-state index in [9.17, 15) is 10.1 Å². The second kappa shape index (κ2) is 6.27. The smallest absolute Gasteiger partial charge is 0.269 e. The van der Waals surface area contributed by atoms with E-state index in [1.807, 2.05) is 31.2 Å². The van der Waals surface area contributed by atoms with Crippen molar-refractivity contribution in [3.05, 3.63) is 58.6 Å². The van der Waals surface area contributed by atoms with Crippen molar-refractivity contribution in [2.45, 2.75) is 6.92 Å². The van der Waals surface area contributed by atoms with Gasteiger partial charge in [-0.3, -0.25) is 10.1 Å². The number of nitrogens with zero attached hydrogens (tertiary/aromatic N) is 3. The molecule has 0 fully saturated rings. The molecule has 7 heteroatoms. The topological polar surface area (TPSA) is 91.3 Å². The molecule has 23 heavy (non-hydrogen) atoms. The van der Waals surface area contributed by atoms with Crippen LogP contribution in [0.15, 0.2) is 53.1 Å². The molecule has 7 nitrogen and oxygen atoms in total. The van der Waals surface area contributed by atoms with Crippen LogP contribution in [0.1, 0.15) is 6.92 Å². The van der Waals surface area contributed by atoms with E-state index in [2.05, 4.69) is 10.1 Å². The Morgan fingerprint density at radius 2 is 1.91 bits per heavy atom. The summed E-state index contributed by atoms with van der Waals surface area (Å²) in [5, 5.41) is 14.6. The molecule has 1 heterocycles. The molecule has 3 aromatic rings. The minimum Gasteiger partial charge on any atom is -0.493 e. The summed E-state index contributed by atoms with van der Waals surface area (Å²) >= 11 is 0. The Labute approximate surface area is 131 Å². The van der Waals surface area contributed by atoms with Crippen molar-refractivity contribution >= 4 is 5.69 Å². The predicted molar refractivity (Wildman–Crippen MR) is 83.0 cm³/mol. The van der Waals surface area contributed by atoms with E-state index in [4.69, 9.17) is 9.26 Å². The highest BCUT2D eigenvalue weighted by Crippen LogP contribution is 2.30. The molecule has 0 radical (unpaired) electrons. The summed E-state index contributed by atoms with van der Waals surface area (Å²) in [7, 11) is 0. The average molecular weight is 311 g/mol. The highest BCUT2D eigenvalue weighted by molar-refractivity contribution is 5.65. The van der Waals surface area contributed by atoms with Gasteiger partial charge in [0.2, 0.25) is 5.82 Å². The van der Waals surface area contributed by atoms with E-state index in [1.165, 1.54) is 12.1 Å². The first-order valence-electron chi connectivity index (χ1n) is 6.99.